The predicted octanol–water partition coefficient (Wildman–Crippen LogP) is -2.70. The molecule has 4 fully saturated rings. The van der Waals surface area contributed by atoms with Crippen LogP contribution in [-0.4, -0.2) is 244 Å². The number of phenolic OH excluding ortho intramolecular Hbond substituents is 1. The summed E-state index contributed by atoms with van der Waals surface area (Å²) in [4.78, 5) is 106. The first kappa shape index (κ1) is 72.3. The number of carbonyl (C=O) groups excluding carboxylic acids is 7. The molecule has 4 aliphatic heterocycles. The Bertz CT molecular complexity index is 3230. The minimum Gasteiger partial charge on any atom is -0.504 e. The van der Waals surface area contributed by atoms with Gasteiger partial charge in [0.1, 0.15) is 42.9 Å². The van der Waals surface area contributed by atoms with Crippen molar-refractivity contribution in [1.82, 2.24) is 41.5 Å². The molecule has 4 aliphatic rings. The fourth-order valence-corrected chi connectivity index (χ4v) is 13.2. The minimum absolute atomic E-state index is 0.00456. The van der Waals surface area contributed by atoms with Crippen LogP contribution in [0.15, 0.2) is 66.7 Å². The van der Waals surface area contributed by atoms with Crippen LogP contribution < -0.4 is 52.4 Å². The molecule has 0 radical (unpaired) electrons. The summed E-state index contributed by atoms with van der Waals surface area (Å²) in [5.41, 5.74) is 14.5. The highest BCUT2D eigenvalue weighted by atomic mass is 32.1. The molecule has 30 heteroatoms. The molecular weight excluding hydrogens is 1240 g/mol. The van der Waals surface area contributed by atoms with E-state index in [1.165, 1.54) is 48.6 Å². The van der Waals surface area contributed by atoms with Gasteiger partial charge in [-0.05, 0) is 129 Å². The Morgan fingerprint density at radius 2 is 1.45 bits per heavy atom. The first-order valence-electron chi connectivity index (χ1n) is 31.9. The molecule has 4 saturated heterocycles. The van der Waals surface area contributed by atoms with Crippen molar-refractivity contribution < 1.29 is 88.2 Å². The normalized spacial score (nSPS) is 25.7. The van der Waals surface area contributed by atoms with Gasteiger partial charge in [0.05, 0.1) is 42.2 Å². The molecule has 5 heterocycles. The maximum Gasteiger partial charge on any atom is 0.296 e. The number of aliphatic hydroxyl groups excluding tert-OH is 6. The maximum atomic E-state index is 14.7. The van der Waals surface area contributed by atoms with Gasteiger partial charge in [-0.2, -0.15) is 0 Å². The van der Waals surface area contributed by atoms with Crippen LogP contribution in [0.3, 0.4) is 0 Å². The molecule has 29 nitrogen and oxygen atoms in total. The number of aromatic hydroxyl groups is 1. The zero-order valence-corrected chi connectivity index (χ0v) is 54.2. The Balaban J connectivity index is 1.03. The fraction of sp³-hybridized carbons (Fsp3) is 0.578. The Kier molecular flexibility index (Phi) is 26.0. The first-order chi connectivity index (χ1) is 45.0. The van der Waals surface area contributed by atoms with Gasteiger partial charge in [-0.1, -0.05) is 17.7 Å². The number of aryl methyl sites for hydroxylation is 1. The number of aliphatic hydroxyl groups is 6. The number of amides is 7. The van der Waals surface area contributed by atoms with Crippen molar-refractivity contribution in [2.75, 3.05) is 84.3 Å². The number of β-amino-alcohol motifs (C(OH)–C–C–N with tert-alkyl or cyclic N) is 1. The molecule has 0 spiro atoms. The average Bonchev–Trinajstić information content (AvgIpc) is 1.63. The van der Waals surface area contributed by atoms with Crippen LogP contribution in [0.5, 0.6) is 11.5 Å². The van der Waals surface area contributed by atoms with Gasteiger partial charge in [-0.15, -0.1) is 0 Å². The summed E-state index contributed by atoms with van der Waals surface area (Å²) in [6.07, 6.45) is -7.78. The maximum absolute atomic E-state index is 14.7. The first-order valence-corrected chi connectivity index (χ1v) is 32.8. The molecule has 4 aromatic rings. The second-order valence-corrected chi connectivity index (χ2v) is 25.7. The van der Waals surface area contributed by atoms with Crippen LogP contribution in [-0.2, 0) is 51.7 Å². The lowest BCUT2D eigenvalue weighted by Gasteiger charge is -2.34. The quantitative estimate of drug-likeness (QED) is 0.0281. The van der Waals surface area contributed by atoms with E-state index in [9.17, 15) is 69.3 Å². The lowest BCUT2D eigenvalue weighted by molar-refractivity contribution is -0.714. The van der Waals surface area contributed by atoms with Gasteiger partial charge in [-0.3, -0.25) is 33.6 Å². The third kappa shape index (κ3) is 18.3. The molecule has 3 aromatic carbocycles. The number of methoxy groups -OCH3 is 1. The third-order valence-corrected chi connectivity index (χ3v) is 18.7. The zero-order chi connectivity index (χ0) is 67.9. The number of ether oxygens (including phenoxy) is 3. The molecule has 0 bridgehead atoms. The van der Waals surface area contributed by atoms with E-state index in [-0.39, 0.29) is 55.3 Å². The summed E-state index contributed by atoms with van der Waals surface area (Å²) in [7, 11) is 3.51. The number of hydrogen-bond donors (Lipinski definition) is 14. The van der Waals surface area contributed by atoms with Crippen LogP contribution in [0.1, 0.15) is 74.7 Å². The number of piperidine rings is 1. The number of benzene rings is 3. The number of fused-ring (bicyclic) bond motifs is 2. The Morgan fingerprint density at radius 1 is 0.777 bits per heavy atom. The standard InChI is InChI=1S/C64H90N12O17S/c1-35-32-76-54(55(35)83)60(88)67-31-43(78)29-45(68-56(84)39-8-10-41(11-9-39)64-73(3)72-61(94-64)40-12-14-42(15-13-40)74-22-18-37(19-23-74)34-92-25-6-5-24-91-4)57(85)69-51(36(2)77)62(89)75-33-44(79)30-46(75)58(86)70-52(59(87)71-53(63(76)90)48(81)17-20-65)49(82)27-38-7-16-47(80)50(28-38)93-26-21-66/h7-16,28,35-37,43-46,48-49,51-55,77-79,81-83H,5-6,17-27,29-34,65-66H2,1-4H3,(H5-,67,68,69,70,71,80,84,85,86,87,88)/p+1/t35-,36+,43+,44+,45?,46-,48+,49+,51-,52-,53-,54-,55-/m0/s1. The third-order valence-electron chi connectivity index (χ3n) is 17.5. The second-order valence-electron chi connectivity index (χ2n) is 24.7. The van der Waals surface area contributed by atoms with Crippen LogP contribution in [0.25, 0.3) is 21.1 Å². The molecule has 94 heavy (non-hydrogen) atoms. The van der Waals surface area contributed by atoms with E-state index in [1.807, 2.05) is 12.1 Å². The van der Waals surface area contributed by atoms with E-state index in [1.54, 1.807) is 31.0 Å². The highest BCUT2D eigenvalue weighted by Crippen LogP contribution is 2.33. The second kappa shape index (κ2) is 33.8. The molecule has 1 aromatic heterocycles. The van der Waals surface area contributed by atoms with Crippen LogP contribution in [0.4, 0.5) is 5.69 Å². The molecule has 514 valence electrons. The minimum atomic E-state index is -2.04. The summed E-state index contributed by atoms with van der Waals surface area (Å²) >= 11 is 1.44. The summed E-state index contributed by atoms with van der Waals surface area (Å²) in [6, 6.07) is 7.75. The lowest BCUT2D eigenvalue weighted by Crippen LogP contribution is -2.64. The largest absolute Gasteiger partial charge is 0.504 e. The SMILES string of the molecule is COCCCCOCC1CCN(c2ccc(-c3n[n+](C)c(-c4ccc(C(=O)NC5C[C@@H](O)CNC(=O)[C@@H]6[C@@H](O)[C@@H](C)CN6C(=O)[C@H]([C@H](O)CCN)NC(=O)[C@H]([C@H](O)Cc6ccc(O)c(OCCN)c6)NC(=O)[C@@H]6C[C@@H](O)CN6C(=O)[C@H]([C@@H](C)O)NC5=O)cc4)s3)cc2)CC1. The average molecular weight is 1330 g/mol. The van der Waals surface area contributed by atoms with Crippen molar-refractivity contribution in [3.8, 4) is 32.6 Å². The van der Waals surface area contributed by atoms with E-state index in [4.69, 9.17) is 30.8 Å². The highest BCUT2D eigenvalue weighted by Gasteiger charge is 2.50. The van der Waals surface area contributed by atoms with Crippen LogP contribution in [0, 0.1) is 11.8 Å². The van der Waals surface area contributed by atoms with Crippen LogP contribution in [0.2, 0.25) is 0 Å². The summed E-state index contributed by atoms with van der Waals surface area (Å²) in [6.45, 7) is 5.19. The smallest absolute Gasteiger partial charge is 0.296 e. The van der Waals surface area contributed by atoms with E-state index < -0.39 is 152 Å². The molecule has 1 unspecified atom stereocenters. The number of nitrogens with zero attached hydrogens (tertiary/aromatic N) is 5. The van der Waals surface area contributed by atoms with Crippen molar-refractivity contribution in [1.29, 1.82) is 0 Å². The summed E-state index contributed by atoms with van der Waals surface area (Å²) in [5.74, 6) is -8.08. The van der Waals surface area contributed by atoms with Gasteiger partial charge in [0, 0.05) is 113 Å². The van der Waals surface area contributed by atoms with Crippen molar-refractivity contribution in [3.05, 3.63) is 77.9 Å². The van der Waals surface area contributed by atoms with Gasteiger partial charge in [0.25, 0.3) is 10.9 Å². The van der Waals surface area contributed by atoms with E-state index in [0.717, 1.165) is 96.6 Å². The molecule has 7 amide bonds. The number of hydrogen-bond acceptors (Lipinski definition) is 22. The number of carbonyl (C=O) groups is 7. The van der Waals surface area contributed by atoms with E-state index >= 15 is 0 Å². The number of aromatic nitrogens is 2. The zero-order valence-electron chi connectivity index (χ0n) is 53.4. The Hall–Kier alpha value is -7.49. The van der Waals surface area contributed by atoms with Crippen molar-refractivity contribution in [3.63, 3.8) is 0 Å². The van der Waals surface area contributed by atoms with Gasteiger partial charge in [0.2, 0.25) is 35.4 Å². The van der Waals surface area contributed by atoms with Crippen LogP contribution >= 0.6 is 11.3 Å². The molecular formula is C64H91N12O17S+. The van der Waals surface area contributed by atoms with E-state index in [2.05, 4.69) is 43.6 Å². The fourth-order valence-electron chi connectivity index (χ4n) is 12.2. The topological polar surface area (TPSA) is 427 Å². The predicted molar refractivity (Wildman–Crippen MR) is 342 cm³/mol. The molecule has 8 rings (SSSR count). The van der Waals surface area contributed by atoms with Gasteiger partial charge < -0.3 is 103 Å². The molecule has 13 atom stereocenters. The summed E-state index contributed by atoms with van der Waals surface area (Å²) in [5, 5.41) is 97.9. The summed E-state index contributed by atoms with van der Waals surface area (Å²) < 4.78 is 18.3. The number of nitrogens with two attached hydrogens (primary N) is 2. The van der Waals surface area contributed by atoms with Crippen molar-refractivity contribution >= 4 is 58.4 Å². The lowest BCUT2D eigenvalue weighted by atomic mass is 9.97. The van der Waals surface area contributed by atoms with Crippen molar-refractivity contribution in [2.45, 2.75) is 138 Å². The number of unbranched alkanes of at least 4 members (excludes halogenated alkanes) is 1. The molecule has 0 saturated carbocycles. The highest BCUT2D eigenvalue weighted by molar-refractivity contribution is 7.17. The number of rotatable bonds is 22. The van der Waals surface area contributed by atoms with E-state index in [0.29, 0.717) is 11.5 Å². The molecule has 16 N–H and O–H groups in total. The van der Waals surface area contributed by atoms with Crippen molar-refractivity contribution in [2.24, 2.45) is 30.4 Å². The number of nitrogens with one attached hydrogen (secondary N) is 5. The monoisotopic (exact) mass is 1330 g/mol. The van der Waals surface area contributed by atoms with Gasteiger partial charge in [-0.25, -0.2) is 0 Å². The molecule has 0 aliphatic carbocycles. The Morgan fingerprint density at radius 3 is 2.13 bits per heavy atom. The Labute approximate surface area is 549 Å². The van der Waals surface area contributed by atoms with Gasteiger partial charge in [0.15, 0.2) is 23.6 Å². The number of phenols is 1. The number of anilines is 1. The van der Waals surface area contributed by atoms with Gasteiger partial charge >= 0.3 is 0 Å².